The van der Waals surface area contributed by atoms with Crippen LogP contribution in [0.25, 0.3) is 11.1 Å². The van der Waals surface area contributed by atoms with Gasteiger partial charge in [-0.05, 0) is 77.9 Å². The lowest BCUT2D eigenvalue weighted by atomic mass is 10.0. The predicted molar refractivity (Wildman–Crippen MR) is 122 cm³/mol. The van der Waals surface area contributed by atoms with Gasteiger partial charge in [0.1, 0.15) is 0 Å². The van der Waals surface area contributed by atoms with Crippen molar-refractivity contribution in [1.29, 1.82) is 0 Å². The van der Waals surface area contributed by atoms with Crippen molar-refractivity contribution in [3.8, 4) is 11.1 Å². The van der Waals surface area contributed by atoms with Gasteiger partial charge in [-0.1, -0.05) is 49.7 Å². The van der Waals surface area contributed by atoms with Crippen molar-refractivity contribution in [2.45, 2.75) is 33.1 Å². The molecule has 1 aliphatic carbocycles. The van der Waals surface area contributed by atoms with Crippen LogP contribution in [0.1, 0.15) is 37.8 Å². The third-order valence-corrected chi connectivity index (χ3v) is 5.70. The monoisotopic (exact) mass is 390 g/mol. The Balaban J connectivity index is 1.62. The van der Waals surface area contributed by atoms with E-state index in [4.69, 9.17) is 11.6 Å². The van der Waals surface area contributed by atoms with Crippen molar-refractivity contribution in [2.75, 3.05) is 23.3 Å². The standard InChI is InChI=1S/C25H27ClN2/c1-3-13-28(14-4-2)21-11-9-18-15-19-16-20(10-12-22(19)23(18)17-21)27-25-8-6-5-7-24(25)26/h5-12,16-17,27H,3-4,13-15H2,1-2H3. The van der Waals surface area contributed by atoms with E-state index in [0.717, 1.165) is 35.9 Å². The van der Waals surface area contributed by atoms with Gasteiger partial charge < -0.3 is 10.2 Å². The van der Waals surface area contributed by atoms with Gasteiger partial charge in [0.05, 0.1) is 10.7 Å². The van der Waals surface area contributed by atoms with Gasteiger partial charge in [0.15, 0.2) is 0 Å². The quantitative estimate of drug-likeness (QED) is 0.356. The lowest BCUT2D eigenvalue weighted by Crippen LogP contribution is -2.24. The highest BCUT2D eigenvalue weighted by atomic mass is 35.5. The molecule has 3 aromatic carbocycles. The first-order valence-corrected chi connectivity index (χ1v) is 10.6. The van der Waals surface area contributed by atoms with Gasteiger partial charge in [0.2, 0.25) is 0 Å². The van der Waals surface area contributed by atoms with E-state index in [-0.39, 0.29) is 0 Å². The highest BCUT2D eigenvalue weighted by molar-refractivity contribution is 6.33. The summed E-state index contributed by atoms with van der Waals surface area (Å²) in [5, 5.41) is 4.19. The summed E-state index contributed by atoms with van der Waals surface area (Å²) in [6, 6.07) is 21.5. The number of hydrogen-bond donors (Lipinski definition) is 1. The topological polar surface area (TPSA) is 15.3 Å². The number of rotatable bonds is 7. The molecule has 0 fully saturated rings. The van der Waals surface area contributed by atoms with Gasteiger partial charge in [0.25, 0.3) is 0 Å². The third-order valence-electron chi connectivity index (χ3n) is 5.37. The maximum Gasteiger partial charge on any atom is 0.0640 e. The molecule has 0 atom stereocenters. The van der Waals surface area contributed by atoms with Crippen LogP contribution in [0.15, 0.2) is 60.7 Å². The first-order valence-electron chi connectivity index (χ1n) is 10.2. The van der Waals surface area contributed by atoms with Crippen LogP contribution in [0.2, 0.25) is 5.02 Å². The summed E-state index contributed by atoms with van der Waals surface area (Å²) in [4.78, 5) is 2.51. The van der Waals surface area contributed by atoms with Gasteiger partial charge in [-0.3, -0.25) is 0 Å². The number of anilines is 3. The SMILES string of the molecule is CCCN(CCC)c1ccc2c(c1)-c1ccc(Nc3ccccc3Cl)cc1C2. The highest BCUT2D eigenvalue weighted by Crippen LogP contribution is 2.40. The van der Waals surface area contributed by atoms with Crippen molar-refractivity contribution in [3.05, 3.63) is 76.8 Å². The average Bonchev–Trinajstić information content (AvgIpc) is 3.06. The molecule has 0 bridgehead atoms. The smallest absolute Gasteiger partial charge is 0.0640 e. The van der Waals surface area contributed by atoms with Crippen molar-refractivity contribution in [2.24, 2.45) is 0 Å². The molecule has 4 rings (SSSR count). The summed E-state index contributed by atoms with van der Waals surface area (Å²) < 4.78 is 0. The molecule has 1 N–H and O–H groups in total. The first-order chi connectivity index (χ1) is 13.7. The lowest BCUT2D eigenvalue weighted by Gasteiger charge is -2.24. The van der Waals surface area contributed by atoms with E-state index >= 15 is 0 Å². The van der Waals surface area contributed by atoms with Gasteiger partial charge in [-0.2, -0.15) is 0 Å². The van der Waals surface area contributed by atoms with Crippen LogP contribution >= 0.6 is 11.6 Å². The number of benzene rings is 3. The molecule has 2 nitrogen and oxygen atoms in total. The maximum atomic E-state index is 6.30. The van der Waals surface area contributed by atoms with Crippen molar-refractivity contribution >= 4 is 28.7 Å². The maximum absolute atomic E-state index is 6.30. The number of hydrogen-bond acceptors (Lipinski definition) is 2. The molecule has 0 amide bonds. The highest BCUT2D eigenvalue weighted by Gasteiger charge is 2.20. The number of halogens is 1. The summed E-state index contributed by atoms with van der Waals surface area (Å²) in [5.41, 5.74) is 8.90. The molecular weight excluding hydrogens is 364 g/mol. The minimum Gasteiger partial charge on any atom is -0.372 e. The molecule has 0 aliphatic heterocycles. The zero-order valence-corrected chi connectivity index (χ0v) is 17.4. The Bertz CT molecular complexity index is 974. The fourth-order valence-corrected chi connectivity index (χ4v) is 4.26. The Morgan fingerprint density at radius 2 is 1.64 bits per heavy atom. The zero-order valence-electron chi connectivity index (χ0n) is 16.6. The van der Waals surface area contributed by atoms with Crippen molar-refractivity contribution in [3.63, 3.8) is 0 Å². The summed E-state index contributed by atoms with van der Waals surface area (Å²) >= 11 is 6.30. The Labute approximate surface area is 173 Å². The molecule has 0 saturated heterocycles. The molecular formula is C25H27ClN2. The number of fused-ring (bicyclic) bond motifs is 3. The van der Waals surface area contributed by atoms with E-state index in [1.54, 1.807) is 0 Å². The second kappa shape index (κ2) is 8.28. The molecule has 1 aliphatic rings. The van der Waals surface area contributed by atoms with E-state index in [9.17, 15) is 0 Å². The predicted octanol–water partition coefficient (Wildman–Crippen LogP) is 7.28. The largest absolute Gasteiger partial charge is 0.372 e. The Kier molecular flexibility index (Phi) is 5.59. The molecule has 0 spiro atoms. The van der Waals surface area contributed by atoms with E-state index in [0.29, 0.717) is 0 Å². The van der Waals surface area contributed by atoms with Gasteiger partial charge >= 0.3 is 0 Å². The first kappa shape index (κ1) is 18.9. The normalized spacial score (nSPS) is 11.8. The molecule has 0 heterocycles. The molecule has 28 heavy (non-hydrogen) atoms. The molecule has 0 aromatic heterocycles. The second-order valence-corrected chi connectivity index (χ2v) is 7.89. The van der Waals surface area contributed by atoms with Crippen molar-refractivity contribution < 1.29 is 0 Å². The number of nitrogens with zero attached hydrogens (tertiary/aromatic N) is 1. The number of nitrogens with one attached hydrogen (secondary N) is 1. The second-order valence-electron chi connectivity index (χ2n) is 7.48. The van der Waals surface area contributed by atoms with Crippen LogP contribution < -0.4 is 10.2 Å². The minimum atomic E-state index is 0.739. The van der Waals surface area contributed by atoms with Gasteiger partial charge in [-0.15, -0.1) is 0 Å². The van der Waals surface area contributed by atoms with E-state index in [1.807, 2.05) is 24.3 Å². The number of para-hydroxylation sites is 1. The van der Waals surface area contributed by atoms with Crippen LogP contribution in [0.5, 0.6) is 0 Å². The molecule has 144 valence electrons. The third kappa shape index (κ3) is 3.74. The zero-order chi connectivity index (χ0) is 19.5. The van der Waals surface area contributed by atoms with Crippen LogP contribution in [0.3, 0.4) is 0 Å². The van der Waals surface area contributed by atoms with Gasteiger partial charge in [-0.25, -0.2) is 0 Å². The van der Waals surface area contributed by atoms with E-state index in [1.165, 1.54) is 40.8 Å². The molecule has 0 unspecified atom stereocenters. The fourth-order valence-electron chi connectivity index (χ4n) is 4.08. The van der Waals surface area contributed by atoms with Crippen molar-refractivity contribution in [1.82, 2.24) is 0 Å². The molecule has 0 saturated carbocycles. The Morgan fingerprint density at radius 3 is 2.39 bits per heavy atom. The van der Waals surface area contributed by atoms with Crippen LogP contribution in [-0.2, 0) is 6.42 Å². The molecule has 3 aromatic rings. The Morgan fingerprint density at radius 1 is 0.857 bits per heavy atom. The van der Waals surface area contributed by atoms with Crippen LogP contribution in [0.4, 0.5) is 17.1 Å². The summed E-state index contributed by atoms with van der Waals surface area (Å²) in [5.74, 6) is 0. The summed E-state index contributed by atoms with van der Waals surface area (Å²) in [7, 11) is 0. The van der Waals surface area contributed by atoms with E-state index in [2.05, 4.69) is 60.5 Å². The average molecular weight is 391 g/mol. The fraction of sp³-hybridized carbons (Fsp3) is 0.280. The van der Waals surface area contributed by atoms with Crippen LogP contribution in [-0.4, -0.2) is 13.1 Å². The lowest BCUT2D eigenvalue weighted by molar-refractivity contribution is 0.745. The Hall–Kier alpha value is -2.45. The summed E-state index contributed by atoms with van der Waals surface area (Å²) in [6.45, 7) is 6.72. The van der Waals surface area contributed by atoms with Gasteiger partial charge in [0, 0.05) is 24.5 Å². The molecule has 0 radical (unpaired) electrons. The summed E-state index contributed by atoms with van der Waals surface area (Å²) in [6.07, 6.45) is 3.33. The van der Waals surface area contributed by atoms with Crippen LogP contribution in [0, 0.1) is 0 Å². The molecule has 3 heteroatoms. The van der Waals surface area contributed by atoms with E-state index < -0.39 is 0 Å². The minimum absolute atomic E-state index is 0.739.